The van der Waals surface area contributed by atoms with Crippen molar-refractivity contribution in [3.05, 3.63) is 46.7 Å². The summed E-state index contributed by atoms with van der Waals surface area (Å²) < 4.78 is 15.0. The molecule has 0 unspecified atom stereocenters. The number of hydrogen-bond donors (Lipinski definition) is 0. The van der Waals surface area contributed by atoms with E-state index in [0.717, 1.165) is 59.2 Å². The van der Waals surface area contributed by atoms with Crippen LogP contribution in [0.3, 0.4) is 0 Å². The molecule has 1 aliphatic rings. The van der Waals surface area contributed by atoms with Crippen molar-refractivity contribution in [2.24, 2.45) is 0 Å². The lowest BCUT2D eigenvalue weighted by atomic mass is 10.2. The van der Waals surface area contributed by atoms with Gasteiger partial charge in [0.25, 0.3) is 5.91 Å². The summed E-state index contributed by atoms with van der Waals surface area (Å²) in [6.45, 7) is 8.49. The number of aromatic nitrogens is 2. The maximum absolute atomic E-state index is 13.2. The number of fused-ring (bicyclic) bond motifs is 1. The van der Waals surface area contributed by atoms with Crippen LogP contribution < -0.4 is 0 Å². The van der Waals surface area contributed by atoms with Crippen molar-refractivity contribution < 1.29 is 9.18 Å². The molecule has 0 saturated carbocycles. The fourth-order valence-corrected chi connectivity index (χ4v) is 4.48. The average Bonchev–Trinajstić information content (AvgIpc) is 3.23. The van der Waals surface area contributed by atoms with Gasteiger partial charge in [0.2, 0.25) is 0 Å². The molecule has 1 amide bonds. The first-order chi connectivity index (χ1) is 12.6. The van der Waals surface area contributed by atoms with E-state index in [-0.39, 0.29) is 11.7 Å². The van der Waals surface area contributed by atoms with Gasteiger partial charge < -0.3 is 9.80 Å². The number of hydrogen-bond acceptors (Lipinski definition) is 4. The second-order valence-corrected chi connectivity index (χ2v) is 7.56. The molecule has 5 nitrogen and oxygen atoms in total. The summed E-state index contributed by atoms with van der Waals surface area (Å²) in [5.74, 6) is -0.186. The Labute approximate surface area is 155 Å². The Morgan fingerprint density at radius 2 is 1.88 bits per heavy atom. The van der Waals surface area contributed by atoms with Gasteiger partial charge in [0.1, 0.15) is 10.6 Å². The van der Waals surface area contributed by atoms with Crippen LogP contribution >= 0.6 is 11.3 Å². The molecular weight excluding hydrogens is 351 g/mol. The molecule has 0 spiro atoms. The Morgan fingerprint density at radius 1 is 1.19 bits per heavy atom. The first-order valence-corrected chi connectivity index (χ1v) is 9.65. The van der Waals surface area contributed by atoms with E-state index in [9.17, 15) is 9.18 Å². The molecule has 1 aromatic carbocycles. The third-order valence-electron chi connectivity index (χ3n) is 4.93. The summed E-state index contributed by atoms with van der Waals surface area (Å²) >= 11 is 1.45. The second kappa shape index (κ2) is 6.81. The Balaban J connectivity index is 1.65. The van der Waals surface area contributed by atoms with Gasteiger partial charge in [0.15, 0.2) is 0 Å². The number of halogens is 1. The predicted molar refractivity (Wildman–Crippen MR) is 102 cm³/mol. The van der Waals surface area contributed by atoms with Crippen molar-refractivity contribution in [2.75, 3.05) is 32.7 Å². The molecule has 26 heavy (non-hydrogen) atoms. The number of thiophene rings is 1. The Morgan fingerprint density at radius 3 is 2.54 bits per heavy atom. The summed E-state index contributed by atoms with van der Waals surface area (Å²) in [5, 5.41) is 5.54. The van der Waals surface area contributed by atoms with Crippen molar-refractivity contribution in [1.29, 1.82) is 0 Å². The summed E-state index contributed by atoms with van der Waals surface area (Å²) in [6.07, 6.45) is 0. The highest BCUT2D eigenvalue weighted by molar-refractivity contribution is 7.20. The highest BCUT2D eigenvalue weighted by Crippen LogP contribution is 2.31. The lowest BCUT2D eigenvalue weighted by molar-refractivity contribution is 0.0648. The molecule has 1 saturated heterocycles. The predicted octanol–water partition coefficient (Wildman–Crippen LogP) is 3.31. The fraction of sp³-hybridized carbons (Fsp3) is 0.368. The van der Waals surface area contributed by atoms with Crippen molar-refractivity contribution in [3.8, 4) is 5.69 Å². The molecular formula is C19H21FN4OS. The minimum Gasteiger partial charge on any atom is -0.335 e. The van der Waals surface area contributed by atoms with E-state index >= 15 is 0 Å². The number of benzene rings is 1. The number of carbonyl (C=O) groups is 1. The van der Waals surface area contributed by atoms with Gasteiger partial charge in [-0.25, -0.2) is 9.07 Å². The Bertz CT molecular complexity index is 939. The normalized spacial score (nSPS) is 15.7. The topological polar surface area (TPSA) is 41.4 Å². The summed E-state index contributed by atoms with van der Waals surface area (Å²) in [7, 11) is 0. The molecule has 4 rings (SSSR count). The van der Waals surface area contributed by atoms with E-state index in [2.05, 4.69) is 16.9 Å². The van der Waals surface area contributed by atoms with Crippen LogP contribution in [-0.2, 0) is 0 Å². The zero-order chi connectivity index (χ0) is 18.3. The number of piperazine rings is 1. The smallest absolute Gasteiger partial charge is 0.264 e. The van der Waals surface area contributed by atoms with E-state index in [1.54, 1.807) is 16.8 Å². The first-order valence-electron chi connectivity index (χ1n) is 8.83. The molecule has 3 heterocycles. The van der Waals surface area contributed by atoms with E-state index in [0.29, 0.717) is 0 Å². The number of nitrogens with zero attached hydrogens (tertiary/aromatic N) is 4. The van der Waals surface area contributed by atoms with Crippen molar-refractivity contribution in [2.45, 2.75) is 13.8 Å². The molecule has 0 aliphatic carbocycles. The lowest BCUT2D eigenvalue weighted by Crippen LogP contribution is -2.48. The van der Waals surface area contributed by atoms with Crippen LogP contribution in [0.2, 0.25) is 0 Å². The van der Waals surface area contributed by atoms with Gasteiger partial charge in [0, 0.05) is 31.6 Å². The molecule has 1 fully saturated rings. The number of amides is 1. The van der Waals surface area contributed by atoms with Gasteiger partial charge in [-0.2, -0.15) is 5.10 Å². The SMILES string of the molecule is CCN1CCN(C(=O)c2cc3c(C)nn(-c4ccc(F)cc4)c3s2)CC1. The molecule has 0 N–H and O–H groups in total. The van der Waals surface area contributed by atoms with Gasteiger partial charge in [-0.1, -0.05) is 6.92 Å². The molecule has 0 atom stereocenters. The number of carbonyl (C=O) groups excluding carboxylic acids is 1. The third-order valence-corrected chi connectivity index (χ3v) is 6.03. The number of rotatable bonds is 3. The maximum atomic E-state index is 13.2. The lowest BCUT2D eigenvalue weighted by Gasteiger charge is -2.33. The van der Waals surface area contributed by atoms with Crippen molar-refractivity contribution in [1.82, 2.24) is 19.6 Å². The van der Waals surface area contributed by atoms with E-state index < -0.39 is 0 Å². The molecule has 7 heteroatoms. The van der Waals surface area contributed by atoms with E-state index in [1.807, 2.05) is 17.9 Å². The van der Waals surface area contributed by atoms with Gasteiger partial charge in [-0.3, -0.25) is 4.79 Å². The van der Waals surface area contributed by atoms with Crippen LogP contribution in [0, 0.1) is 12.7 Å². The van der Waals surface area contributed by atoms with Gasteiger partial charge >= 0.3 is 0 Å². The average molecular weight is 372 g/mol. The summed E-state index contributed by atoms with van der Waals surface area (Å²) in [6, 6.07) is 8.19. The molecule has 136 valence electrons. The molecule has 3 aromatic rings. The van der Waals surface area contributed by atoms with Crippen LogP contribution in [0.5, 0.6) is 0 Å². The largest absolute Gasteiger partial charge is 0.335 e. The quantitative estimate of drug-likeness (QED) is 0.708. The molecule has 0 radical (unpaired) electrons. The first kappa shape index (κ1) is 17.2. The van der Waals surface area contributed by atoms with E-state index in [4.69, 9.17) is 0 Å². The zero-order valence-corrected chi connectivity index (χ0v) is 15.7. The van der Waals surface area contributed by atoms with Gasteiger partial charge in [-0.05, 0) is 43.8 Å². The number of likely N-dealkylation sites (N-methyl/N-ethyl adjacent to an activating group) is 1. The van der Waals surface area contributed by atoms with Crippen LogP contribution in [0.1, 0.15) is 22.3 Å². The van der Waals surface area contributed by atoms with Gasteiger partial charge in [-0.15, -0.1) is 11.3 Å². The molecule has 1 aliphatic heterocycles. The minimum atomic E-state index is -0.276. The number of aryl methyl sites for hydroxylation is 1. The molecule has 2 aromatic heterocycles. The van der Waals surface area contributed by atoms with Gasteiger partial charge in [0.05, 0.1) is 16.3 Å². The highest BCUT2D eigenvalue weighted by atomic mass is 32.1. The Kier molecular flexibility index (Phi) is 4.50. The maximum Gasteiger partial charge on any atom is 0.264 e. The standard InChI is InChI=1S/C19H21FN4OS/c1-3-22-8-10-23(11-9-22)18(25)17-12-16-13(2)21-24(19(16)26-17)15-6-4-14(20)5-7-15/h4-7,12H,3,8-11H2,1-2H3. The molecule has 0 bridgehead atoms. The van der Waals surface area contributed by atoms with Crippen LogP contribution in [0.15, 0.2) is 30.3 Å². The van der Waals surface area contributed by atoms with E-state index in [1.165, 1.54) is 23.5 Å². The van der Waals surface area contributed by atoms with Crippen LogP contribution in [0.4, 0.5) is 4.39 Å². The fourth-order valence-electron chi connectivity index (χ4n) is 3.33. The zero-order valence-electron chi connectivity index (χ0n) is 14.9. The Hall–Kier alpha value is -2.25. The minimum absolute atomic E-state index is 0.0898. The van der Waals surface area contributed by atoms with Crippen LogP contribution in [0.25, 0.3) is 15.9 Å². The van der Waals surface area contributed by atoms with Crippen molar-refractivity contribution >= 4 is 27.5 Å². The summed E-state index contributed by atoms with van der Waals surface area (Å²) in [4.78, 5) is 18.8. The highest BCUT2D eigenvalue weighted by Gasteiger charge is 2.24. The van der Waals surface area contributed by atoms with Crippen LogP contribution in [-0.4, -0.2) is 58.2 Å². The summed E-state index contributed by atoms with van der Waals surface area (Å²) in [5.41, 5.74) is 1.66. The third kappa shape index (κ3) is 3.01. The van der Waals surface area contributed by atoms with Crippen molar-refractivity contribution in [3.63, 3.8) is 0 Å². The second-order valence-electron chi connectivity index (χ2n) is 6.53. The monoisotopic (exact) mass is 372 g/mol.